The van der Waals surface area contributed by atoms with E-state index in [1.54, 1.807) is 0 Å². The lowest BCUT2D eigenvalue weighted by molar-refractivity contribution is -0.143. The predicted octanol–water partition coefficient (Wildman–Crippen LogP) is 4.04. The van der Waals surface area contributed by atoms with Crippen LogP contribution in [-0.4, -0.2) is 12.6 Å². The van der Waals surface area contributed by atoms with Gasteiger partial charge in [-0.05, 0) is 34.1 Å². The van der Waals surface area contributed by atoms with E-state index in [1.807, 2.05) is 13.8 Å². The fourth-order valence-electron chi connectivity index (χ4n) is 1.28. The highest BCUT2D eigenvalue weighted by Crippen LogP contribution is 2.16. The van der Waals surface area contributed by atoms with Crippen LogP contribution in [0.25, 0.3) is 0 Å². The summed E-state index contributed by atoms with van der Waals surface area (Å²) in [6, 6.07) is 0. The Bertz CT molecular complexity index is 320. The molecule has 1 atom stereocenters. The molecule has 0 aliphatic heterocycles. The summed E-state index contributed by atoms with van der Waals surface area (Å²) in [5, 5.41) is 0. The van der Waals surface area contributed by atoms with Crippen molar-refractivity contribution in [1.29, 1.82) is 0 Å². The molecule has 1 unspecified atom stereocenters. The van der Waals surface area contributed by atoms with E-state index in [0.29, 0.717) is 13.0 Å². The molecular formula is C15H24O2. The minimum absolute atomic E-state index is 0.207. The van der Waals surface area contributed by atoms with Gasteiger partial charge in [-0.1, -0.05) is 36.0 Å². The molecule has 2 nitrogen and oxygen atoms in total. The Morgan fingerprint density at radius 1 is 1.24 bits per heavy atom. The van der Waals surface area contributed by atoms with Crippen molar-refractivity contribution in [3.63, 3.8) is 0 Å². The molecule has 0 radical (unpaired) electrons. The lowest BCUT2D eigenvalue weighted by atomic mass is 9.98. The fraction of sp³-hybridized carbons (Fsp3) is 0.533. The highest BCUT2D eigenvalue weighted by atomic mass is 16.5. The second kappa shape index (κ2) is 7.88. The van der Waals surface area contributed by atoms with Crippen LogP contribution >= 0.6 is 0 Å². The Kier molecular flexibility index (Phi) is 7.27. The standard InChI is InChI=1S/C15H24O2/c1-11(2)7-8-14(13(5)6)10-17-15(16)9-12(3)4/h7,14H,3,5,8-10H2,1-2,4,6H3. The van der Waals surface area contributed by atoms with Gasteiger partial charge in [0.2, 0.25) is 0 Å². The van der Waals surface area contributed by atoms with Crippen molar-refractivity contribution < 1.29 is 9.53 Å². The Hall–Kier alpha value is -1.31. The lowest BCUT2D eigenvalue weighted by Gasteiger charge is -2.15. The number of ether oxygens (including phenoxy) is 1. The zero-order chi connectivity index (χ0) is 13.4. The Labute approximate surface area is 105 Å². The van der Waals surface area contributed by atoms with E-state index >= 15 is 0 Å². The molecule has 0 aromatic carbocycles. The molecule has 0 saturated heterocycles. The van der Waals surface area contributed by atoms with Gasteiger partial charge in [-0.2, -0.15) is 0 Å². The third-order valence-electron chi connectivity index (χ3n) is 2.40. The Morgan fingerprint density at radius 2 is 1.82 bits per heavy atom. The van der Waals surface area contributed by atoms with E-state index < -0.39 is 0 Å². The van der Waals surface area contributed by atoms with Gasteiger partial charge in [-0.15, -0.1) is 0 Å². The van der Waals surface area contributed by atoms with E-state index in [-0.39, 0.29) is 11.9 Å². The molecule has 17 heavy (non-hydrogen) atoms. The molecule has 96 valence electrons. The molecule has 0 saturated carbocycles. The Morgan fingerprint density at radius 3 is 2.24 bits per heavy atom. The molecule has 0 spiro atoms. The zero-order valence-corrected chi connectivity index (χ0v) is 11.5. The molecule has 0 fully saturated rings. The van der Waals surface area contributed by atoms with E-state index in [9.17, 15) is 4.79 Å². The number of hydrogen-bond acceptors (Lipinski definition) is 2. The summed E-state index contributed by atoms with van der Waals surface area (Å²) in [6.07, 6.45) is 3.31. The van der Waals surface area contributed by atoms with E-state index in [4.69, 9.17) is 4.74 Å². The van der Waals surface area contributed by atoms with E-state index in [2.05, 4.69) is 33.1 Å². The zero-order valence-electron chi connectivity index (χ0n) is 11.5. The number of allylic oxidation sites excluding steroid dienone is 2. The summed E-state index contributed by atoms with van der Waals surface area (Å²) in [4.78, 5) is 11.4. The van der Waals surface area contributed by atoms with Crippen LogP contribution in [0.2, 0.25) is 0 Å². The van der Waals surface area contributed by atoms with E-state index in [1.165, 1.54) is 5.57 Å². The molecule has 0 aromatic heterocycles. The maximum absolute atomic E-state index is 11.4. The van der Waals surface area contributed by atoms with Crippen molar-refractivity contribution in [3.05, 3.63) is 36.0 Å². The maximum Gasteiger partial charge on any atom is 0.309 e. The van der Waals surface area contributed by atoms with Crippen molar-refractivity contribution in [2.24, 2.45) is 5.92 Å². The van der Waals surface area contributed by atoms with Gasteiger partial charge in [0.05, 0.1) is 13.0 Å². The van der Waals surface area contributed by atoms with Gasteiger partial charge in [-0.25, -0.2) is 0 Å². The minimum Gasteiger partial charge on any atom is -0.465 e. The first kappa shape index (κ1) is 15.7. The fourth-order valence-corrected chi connectivity index (χ4v) is 1.28. The largest absolute Gasteiger partial charge is 0.465 e. The van der Waals surface area contributed by atoms with Gasteiger partial charge in [0.1, 0.15) is 0 Å². The first-order chi connectivity index (χ1) is 7.82. The summed E-state index contributed by atoms with van der Waals surface area (Å²) in [7, 11) is 0. The quantitative estimate of drug-likeness (QED) is 0.492. The van der Waals surface area contributed by atoms with Crippen molar-refractivity contribution in [1.82, 2.24) is 0 Å². The van der Waals surface area contributed by atoms with Gasteiger partial charge in [-0.3, -0.25) is 4.79 Å². The summed E-state index contributed by atoms with van der Waals surface area (Å²) in [5.74, 6) is -0.0000728. The summed E-state index contributed by atoms with van der Waals surface area (Å²) >= 11 is 0. The van der Waals surface area contributed by atoms with Crippen molar-refractivity contribution in [2.45, 2.75) is 40.5 Å². The van der Waals surface area contributed by atoms with Crippen molar-refractivity contribution in [2.75, 3.05) is 6.61 Å². The molecular weight excluding hydrogens is 212 g/mol. The molecule has 0 heterocycles. The monoisotopic (exact) mass is 236 g/mol. The molecule has 0 amide bonds. The van der Waals surface area contributed by atoms with Crippen LogP contribution in [0.1, 0.15) is 40.5 Å². The van der Waals surface area contributed by atoms with Crippen LogP contribution in [0.4, 0.5) is 0 Å². The summed E-state index contributed by atoms with van der Waals surface area (Å²) < 4.78 is 5.22. The third kappa shape index (κ3) is 8.49. The van der Waals surface area contributed by atoms with Gasteiger partial charge < -0.3 is 4.74 Å². The summed E-state index contributed by atoms with van der Waals surface area (Å²) in [5.41, 5.74) is 3.14. The molecule has 0 bridgehead atoms. The third-order valence-corrected chi connectivity index (χ3v) is 2.40. The van der Waals surface area contributed by atoms with E-state index in [0.717, 1.165) is 17.6 Å². The van der Waals surface area contributed by atoms with Gasteiger partial charge >= 0.3 is 5.97 Å². The first-order valence-corrected chi connectivity index (χ1v) is 5.91. The number of esters is 1. The van der Waals surface area contributed by atoms with Crippen molar-refractivity contribution >= 4 is 5.97 Å². The molecule has 0 aliphatic carbocycles. The van der Waals surface area contributed by atoms with Gasteiger partial charge in [0, 0.05) is 5.92 Å². The second-order valence-electron chi connectivity index (χ2n) is 4.88. The highest BCUT2D eigenvalue weighted by molar-refractivity contribution is 5.72. The number of rotatable bonds is 7. The van der Waals surface area contributed by atoms with Gasteiger partial charge in [0.25, 0.3) is 0 Å². The number of carbonyl (C=O) groups excluding carboxylic acids is 1. The topological polar surface area (TPSA) is 26.3 Å². The molecule has 0 aromatic rings. The minimum atomic E-state index is -0.207. The van der Waals surface area contributed by atoms with Crippen LogP contribution < -0.4 is 0 Å². The second-order valence-corrected chi connectivity index (χ2v) is 4.88. The van der Waals surface area contributed by atoms with Crippen LogP contribution in [0.15, 0.2) is 36.0 Å². The van der Waals surface area contributed by atoms with Gasteiger partial charge in [0.15, 0.2) is 0 Å². The molecule has 2 heteroatoms. The normalized spacial score (nSPS) is 11.5. The average Bonchev–Trinajstić information content (AvgIpc) is 2.15. The van der Waals surface area contributed by atoms with Crippen LogP contribution in [0.3, 0.4) is 0 Å². The smallest absolute Gasteiger partial charge is 0.309 e. The first-order valence-electron chi connectivity index (χ1n) is 5.91. The molecule has 0 aliphatic rings. The van der Waals surface area contributed by atoms with Crippen LogP contribution in [-0.2, 0) is 9.53 Å². The highest BCUT2D eigenvalue weighted by Gasteiger charge is 2.11. The summed E-state index contributed by atoms with van der Waals surface area (Å²) in [6.45, 7) is 15.9. The maximum atomic E-state index is 11.4. The molecule has 0 N–H and O–H groups in total. The number of hydrogen-bond donors (Lipinski definition) is 0. The Balaban J connectivity index is 4.18. The number of carbonyl (C=O) groups is 1. The van der Waals surface area contributed by atoms with Crippen LogP contribution in [0, 0.1) is 5.92 Å². The molecule has 0 rings (SSSR count). The lowest BCUT2D eigenvalue weighted by Crippen LogP contribution is -2.14. The van der Waals surface area contributed by atoms with Crippen molar-refractivity contribution in [3.8, 4) is 0 Å². The average molecular weight is 236 g/mol. The SMILES string of the molecule is C=C(C)CC(=O)OCC(CC=C(C)C)C(=C)C. The predicted molar refractivity (Wildman–Crippen MR) is 72.7 cm³/mol. The van der Waals surface area contributed by atoms with Crippen LogP contribution in [0.5, 0.6) is 0 Å².